The average Bonchev–Trinajstić information content (AvgIpc) is 3.42. The zero-order valence-corrected chi connectivity index (χ0v) is 23.5. The van der Waals surface area contributed by atoms with Crippen LogP contribution in [0.15, 0.2) is 47.0 Å². The van der Waals surface area contributed by atoms with Gasteiger partial charge in [0.25, 0.3) is 0 Å². The molecule has 212 valence electrons. The second kappa shape index (κ2) is 9.11. The molecule has 10 unspecified atom stereocenters. The summed E-state index contributed by atoms with van der Waals surface area (Å²) in [5.74, 6) is 7.35. The first kappa shape index (κ1) is 26.1. The maximum absolute atomic E-state index is 12.5. The van der Waals surface area contributed by atoms with Gasteiger partial charge in [-0.2, -0.15) is 0 Å². The van der Waals surface area contributed by atoms with Crippen molar-refractivity contribution in [2.45, 2.75) is 81.6 Å². The molecule has 0 saturated heterocycles. The molecule has 4 saturated carbocycles. The summed E-state index contributed by atoms with van der Waals surface area (Å²) in [6.45, 7) is 1.98. The van der Waals surface area contributed by atoms with E-state index in [1.807, 2.05) is 6.92 Å². The van der Waals surface area contributed by atoms with Crippen molar-refractivity contribution >= 4 is 16.9 Å². The van der Waals surface area contributed by atoms with Gasteiger partial charge >= 0.3 is 0 Å². The van der Waals surface area contributed by atoms with Crippen LogP contribution in [0.3, 0.4) is 0 Å². The molecule has 7 nitrogen and oxygen atoms in total. The first-order chi connectivity index (χ1) is 19.2. The third kappa shape index (κ3) is 3.65. The Hall–Kier alpha value is -2.79. The number of hydrogen-bond acceptors (Lipinski definition) is 4. The third-order valence-corrected chi connectivity index (χ3v) is 11.7. The molecule has 7 heteroatoms. The number of aliphatic hydroxyl groups is 3. The second-order valence-electron chi connectivity index (χ2n) is 13.4. The third-order valence-electron chi connectivity index (χ3n) is 11.7. The van der Waals surface area contributed by atoms with Crippen LogP contribution in [-0.4, -0.2) is 56.7 Å². The van der Waals surface area contributed by atoms with Gasteiger partial charge in [0, 0.05) is 42.4 Å². The van der Waals surface area contributed by atoms with Crippen LogP contribution in [0, 0.1) is 46.8 Å². The first-order valence-corrected chi connectivity index (χ1v) is 15.1. The predicted octanol–water partition coefficient (Wildman–Crippen LogP) is 3.25. The van der Waals surface area contributed by atoms with Gasteiger partial charge < -0.3 is 31.4 Å². The quantitative estimate of drug-likeness (QED) is 0.154. The number of aromatic nitrogens is 1. The SMILES string of the molecule is CN=C(N)NC1C#CC2CCC=C(Cc3cc4ccccc4[nH]3)C23CC2CCC3C3C(CC(O)C3(O)C1)C2(C)O. The van der Waals surface area contributed by atoms with E-state index in [0.717, 1.165) is 44.0 Å². The monoisotopic (exact) mass is 542 g/mol. The molecule has 4 bridgehead atoms. The minimum Gasteiger partial charge on any atom is -0.390 e. The maximum atomic E-state index is 12.5. The summed E-state index contributed by atoms with van der Waals surface area (Å²) in [5.41, 5.74) is 7.18. The lowest BCUT2D eigenvalue weighted by molar-refractivity contribution is -0.126. The van der Waals surface area contributed by atoms with Gasteiger partial charge in [-0.1, -0.05) is 41.7 Å². The molecule has 0 amide bonds. The molecular formula is C33H42N4O3. The summed E-state index contributed by atoms with van der Waals surface area (Å²) in [4.78, 5) is 7.73. The highest BCUT2D eigenvalue weighted by atomic mass is 16.3. The Kier molecular flexibility index (Phi) is 5.95. The fourth-order valence-corrected chi connectivity index (χ4v) is 9.91. The molecule has 0 aliphatic heterocycles. The molecule has 40 heavy (non-hydrogen) atoms. The number of guanidine groups is 1. The lowest BCUT2D eigenvalue weighted by Gasteiger charge is -2.55. The molecule has 0 radical (unpaired) electrons. The van der Waals surface area contributed by atoms with Gasteiger partial charge in [0.15, 0.2) is 5.96 Å². The van der Waals surface area contributed by atoms with E-state index in [4.69, 9.17) is 5.73 Å². The summed E-state index contributed by atoms with van der Waals surface area (Å²) < 4.78 is 0. The standard InChI is InChI=1S/C33H42N4O3/c1-31(39)22-11-13-25-29-26(31)16-28(38)33(29,40)18-23(37-30(34)35-2)12-10-20-7-5-8-21(32(20,25)17-22)15-24-14-19-6-3-4-9-27(19)36-24/h3-4,6,8-9,14,20,22-23,25-26,28-29,36,38-40H,5,7,11,13,15-18H2,1-2H3,(H3,34,35,37). The number of aliphatic imine (C=N–C) groups is 1. The van der Waals surface area contributed by atoms with Gasteiger partial charge in [0.05, 0.1) is 23.3 Å². The number of hydrogen-bond donors (Lipinski definition) is 6. The molecule has 1 aromatic heterocycles. The van der Waals surface area contributed by atoms with E-state index in [1.165, 1.54) is 16.7 Å². The van der Waals surface area contributed by atoms with Crippen molar-refractivity contribution in [2.24, 2.45) is 45.7 Å². The number of nitrogens with two attached hydrogens (primary N) is 1. The van der Waals surface area contributed by atoms with Gasteiger partial charge in [-0.25, -0.2) is 0 Å². The number of rotatable bonds is 3. The van der Waals surface area contributed by atoms with Crippen molar-refractivity contribution in [1.82, 2.24) is 10.3 Å². The topological polar surface area (TPSA) is 127 Å². The van der Waals surface area contributed by atoms with E-state index in [1.54, 1.807) is 7.05 Å². The lowest BCUT2D eigenvalue weighted by atomic mass is 9.49. The molecule has 7 N–H and O–H groups in total. The zero-order chi connectivity index (χ0) is 27.9. The molecule has 1 aromatic carbocycles. The molecule has 10 atom stereocenters. The Balaban J connectivity index is 1.41. The Bertz CT molecular complexity index is 1420. The summed E-state index contributed by atoms with van der Waals surface area (Å²) in [6.07, 6.45) is 7.61. The normalized spacial score (nSPS) is 44.0. The molecule has 1 heterocycles. The second-order valence-corrected chi connectivity index (χ2v) is 13.4. The molecule has 1 spiro atoms. The van der Waals surface area contributed by atoms with E-state index in [9.17, 15) is 15.3 Å². The number of para-hydroxylation sites is 1. The van der Waals surface area contributed by atoms with E-state index >= 15 is 0 Å². The average molecular weight is 543 g/mol. The number of aromatic amines is 1. The summed E-state index contributed by atoms with van der Waals surface area (Å²) in [6, 6.07) is 10.2. The van der Waals surface area contributed by atoms with Crippen LogP contribution in [0.1, 0.15) is 57.6 Å². The van der Waals surface area contributed by atoms with Crippen molar-refractivity contribution in [1.29, 1.82) is 0 Å². The van der Waals surface area contributed by atoms with Crippen molar-refractivity contribution < 1.29 is 15.3 Å². The fraction of sp³-hybridized carbons (Fsp3) is 0.606. The first-order valence-electron chi connectivity index (χ1n) is 15.1. The van der Waals surface area contributed by atoms with Crippen LogP contribution < -0.4 is 11.1 Å². The van der Waals surface area contributed by atoms with Crippen LogP contribution in [0.25, 0.3) is 10.9 Å². The largest absolute Gasteiger partial charge is 0.390 e. The lowest BCUT2D eigenvalue weighted by Crippen LogP contribution is -2.56. The number of nitrogens with zero attached hydrogens (tertiary/aromatic N) is 1. The van der Waals surface area contributed by atoms with Gasteiger partial charge in [0.1, 0.15) is 0 Å². The number of fused-ring (bicyclic) bond motifs is 2. The van der Waals surface area contributed by atoms with E-state index in [-0.39, 0.29) is 47.4 Å². The van der Waals surface area contributed by atoms with Crippen LogP contribution in [0.4, 0.5) is 0 Å². The maximum Gasteiger partial charge on any atom is 0.189 e. The molecular weight excluding hydrogens is 500 g/mol. The van der Waals surface area contributed by atoms with E-state index in [0.29, 0.717) is 6.42 Å². The molecule has 8 rings (SSSR count). The Morgan fingerprint density at radius 3 is 2.77 bits per heavy atom. The number of aliphatic hydroxyl groups excluding tert-OH is 1. The smallest absolute Gasteiger partial charge is 0.189 e. The highest BCUT2D eigenvalue weighted by Gasteiger charge is 2.70. The highest BCUT2D eigenvalue weighted by molar-refractivity contribution is 5.80. The van der Waals surface area contributed by atoms with Crippen LogP contribution in [0.5, 0.6) is 0 Å². The Morgan fingerprint density at radius 1 is 1.15 bits per heavy atom. The number of nitrogens with one attached hydrogen (secondary N) is 2. The summed E-state index contributed by atoms with van der Waals surface area (Å²) in [5, 5.41) is 40.7. The highest BCUT2D eigenvalue weighted by Crippen LogP contribution is 2.70. The minimum atomic E-state index is -1.38. The van der Waals surface area contributed by atoms with Crippen LogP contribution >= 0.6 is 0 Å². The Labute approximate surface area is 236 Å². The van der Waals surface area contributed by atoms with Crippen LogP contribution in [-0.2, 0) is 6.42 Å². The van der Waals surface area contributed by atoms with E-state index < -0.39 is 23.3 Å². The van der Waals surface area contributed by atoms with Gasteiger partial charge in [-0.05, 0) is 86.6 Å². The molecule has 4 fully saturated rings. The molecule has 6 aliphatic rings. The van der Waals surface area contributed by atoms with Crippen molar-refractivity contribution in [3.05, 3.63) is 47.7 Å². The number of benzene rings is 1. The van der Waals surface area contributed by atoms with Gasteiger partial charge in [-0.3, -0.25) is 4.99 Å². The molecule has 6 aliphatic carbocycles. The van der Waals surface area contributed by atoms with Gasteiger partial charge in [-0.15, -0.1) is 0 Å². The molecule has 2 aromatic rings. The zero-order valence-electron chi connectivity index (χ0n) is 23.5. The van der Waals surface area contributed by atoms with Crippen molar-refractivity contribution in [2.75, 3.05) is 7.05 Å². The summed E-state index contributed by atoms with van der Waals surface area (Å²) in [7, 11) is 1.63. The van der Waals surface area contributed by atoms with Crippen molar-refractivity contribution in [3.63, 3.8) is 0 Å². The fourth-order valence-electron chi connectivity index (χ4n) is 9.91. The number of H-pyrrole nitrogens is 1. The summed E-state index contributed by atoms with van der Waals surface area (Å²) >= 11 is 0. The Morgan fingerprint density at radius 2 is 1.98 bits per heavy atom. The number of allylic oxidation sites excluding steroid dienone is 2. The van der Waals surface area contributed by atoms with Gasteiger partial charge in [0.2, 0.25) is 0 Å². The predicted molar refractivity (Wildman–Crippen MR) is 156 cm³/mol. The van der Waals surface area contributed by atoms with Crippen molar-refractivity contribution in [3.8, 4) is 11.8 Å². The van der Waals surface area contributed by atoms with Crippen LogP contribution in [0.2, 0.25) is 0 Å². The van der Waals surface area contributed by atoms with E-state index in [2.05, 4.69) is 63.5 Å². The minimum absolute atomic E-state index is 0.0954.